The summed E-state index contributed by atoms with van der Waals surface area (Å²) in [7, 11) is 0. The molecule has 0 spiro atoms. The van der Waals surface area contributed by atoms with Gasteiger partial charge in [0.05, 0.1) is 6.61 Å². The molecule has 1 rings (SSSR count). The number of amides is 1. The molecule has 0 bridgehead atoms. The molecule has 0 radical (unpaired) electrons. The van der Waals surface area contributed by atoms with Gasteiger partial charge in [-0.05, 0) is 27.7 Å². The first-order valence-electron chi connectivity index (χ1n) is 5.43. The van der Waals surface area contributed by atoms with E-state index in [1.807, 2.05) is 27.7 Å². The quantitative estimate of drug-likeness (QED) is 0.676. The van der Waals surface area contributed by atoms with Crippen LogP contribution in [0, 0.1) is 0 Å². The second-order valence-corrected chi connectivity index (χ2v) is 4.95. The van der Waals surface area contributed by atoms with E-state index >= 15 is 0 Å². The SMILES string of the molecule is C[C@@H]1C[N+](C(=O)OC(C)(C)C)=C[C@H](CO)O1. The molecule has 1 heterocycles. The Balaban J connectivity index is 2.71. The summed E-state index contributed by atoms with van der Waals surface area (Å²) in [4.78, 5) is 11.8. The Morgan fingerprint density at radius 1 is 1.62 bits per heavy atom. The molecule has 1 aliphatic heterocycles. The third kappa shape index (κ3) is 3.90. The number of nitrogens with zero attached hydrogens (tertiary/aromatic N) is 1. The first-order valence-corrected chi connectivity index (χ1v) is 5.43. The van der Waals surface area contributed by atoms with Crippen molar-refractivity contribution in [3.63, 3.8) is 0 Å². The van der Waals surface area contributed by atoms with Crippen LogP contribution in [0.15, 0.2) is 0 Å². The van der Waals surface area contributed by atoms with Crippen molar-refractivity contribution in [2.45, 2.75) is 45.5 Å². The molecule has 16 heavy (non-hydrogen) atoms. The smallest absolute Gasteiger partial charge is 0.406 e. The molecule has 2 atom stereocenters. The summed E-state index contributed by atoms with van der Waals surface area (Å²) < 4.78 is 12.1. The predicted molar refractivity (Wildman–Crippen MR) is 58.8 cm³/mol. The fraction of sp³-hybridized carbons (Fsp3) is 0.818. The Morgan fingerprint density at radius 3 is 2.75 bits per heavy atom. The van der Waals surface area contributed by atoms with Crippen LogP contribution in [0.2, 0.25) is 0 Å². The zero-order valence-corrected chi connectivity index (χ0v) is 10.3. The molecule has 0 aliphatic carbocycles. The van der Waals surface area contributed by atoms with Crippen LogP contribution in [0.1, 0.15) is 27.7 Å². The van der Waals surface area contributed by atoms with Gasteiger partial charge in [-0.25, -0.2) is 0 Å². The third-order valence-electron chi connectivity index (χ3n) is 2.02. The van der Waals surface area contributed by atoms with Crippen LogP contribution in [0.3, 0.4) is 0 Å². The van der Waals surface area contributed by atoms with Gasteiger partial charge >= 0.3 is 6.09 Å². The molecule has 1 aliphatic rings. The van der Waals surface area contributed by atoms with E-state index in [1.165, 1.54) is 4.58 Å². The molecular weight excluding hydrogens is 210 g/mol. The van der Waals surface area contributed by atoms with Gasteiger partial charge in [0.2, 0.25) is 0 Å². The second-order valence-electron chi connectivity index (χ2n) is 4.95. The summed E-state index contributed by atoms with van der Waals surface area (Å²) in [5.74, 6) is 0. The van der Waals surface area contributed by atoms with Crippen LogP contribution in [0.25, 0.3) is 0 Å². The summed E-state index contributed by atoms with van der Waals surface area (Å²) in [6.45, 7) is 7.62. The van der Waals surface area contributed by atoms with Gasteiger partial charge in [0.1, 0.15) is 11.7 Å². The normalized spacial score (nSPS) is 26.2. The van der Waals surface area contributed by atoms with Crippen molar-refractivity contribution in [1.82, 2.24) is 0 Å². The third-order valence-corrected chi connectivity index (χ3v) is 2.02. The average Bonchev–Trinajstić information content (AvgIpc) is 2.14. The number of aliphatic hydroxyl groups excluding tert-OH is 1. The molecule has 0 aromatic rings. The van der Waals surface area contributed by atoms with E-state index in [-0.39, 0.29) is 12.7 Å². The van der Waals surface area contributed by atoms with Crippen molar-refractivity contribution < 1.29 is 24.0 Å². The molecule has 0 aromatic carbocycles. The van der Waals surface area contributed by atoms with Crippen LogP contribution >= 0.6 is 0 Å². The zero-order chi connectivity index (χ0) is 12.3. The molecule has 0 saturated heterocycles. The lowest BCUT2D eigenvalue weighted by Crippen LogP contribution is -2.44. The van der Waals surface area contributed by atoms with Gasteiger partial charge in [0.25, 0.3) is 0 Å². The lowest BCUT2D eigenvalue weighted by Gasteiger charge is -2.22. The fourth-order valence-electron chi connectivity index (χ4n) is 1.46. The summed E-state index contributed by atoms with van der Waals surface area (Å²) in [6, 6.07) is 0. The van der Waals surface area contributed by atoms with Crippen molar-refractivity contribution in [2.75, 3.05) is 13.2 Å². The number of hydrogen-bond acceptors (Lipinski definition) is 4. The van der Waals surface area contributed by atoms with Crippen molar-refractivity contribution in [3.8, 4) is 0 Å². The van der Waals surface area contributed by atoms with E-state index in [4.69, 9.17) is 14.6 Å². The number of aliphatic hydroxyl groups is 1. The number of carbonyl (C=O) groups excluding carboxylic acids is 1. The largest absolute Gasteiger partial charge is 0.596 e. The highest BCUT2D eigenvalue weighted by molar-refractivity contribution is 5.69. The summed E-state index contributed by atoms with van der Waals surface area (Å²) >= 11 is 0. The molecule has 5 nitrogen and oxygen atoms in total. The maximum absolute atomic E-state index is 11.8. The van der Waals surface area contributed by atoms with E-state index in [0.717, 1.165) is 0 Å². The lowest BCUT2D eigenvalue weighted by atomic mass is 10.2. The number of hydrogen-bond donors (Lipinski definition) is 1. The highest BCUT2D eigenvalue weighted by Crippen LogP contribution is 2.10. The Labute approximate surface area is 95.7 Å². The second kappa shape index (κ2) is 4.93. The number of carbonyl (C=O) groups is 1. The van der Waals surface area contributed by atoms with Gasteiger partial charge in [-0.1, -0.05) is 0 Å². The molecule has 0 unspecified atom stereocenters. The Kier molecular flexibility index (Phi) is 4.04. The lowest BCUT2D eigenvalue weighted by molar-refractivity contribution is -0.472. The van der Waals surface area contributed by atoms with Gasteiger partial charge in [0.15, 0.2) is 18.9 Å². The van der Waals surface area contributed by atoms with Crippen LogP contribution in [0.4, 0.5) is 4.79 Å². The average molecular weight is 230 g/mol. The van der Waals surface area contributed by atoms with Crippen molar-refractivity contribution >= 4 is 12.3 Å². The van der Waals surface area contributed by atoms with Gasteiger partial charge in [-0.3, -0.25) is 0 Å². The Bertz CT molecular complexity index is 293. The van der Waals surface area contributed by atoms with Crippen molar-refractivity contribution in [2.24, 2.45) is 0 Å². The molecule has 5 heteroatoms. The highest BCUT2D eigenvalue weighted by Gasteiger charge is 2.33. The monoisotopic (exact) mass is 230 g/mol. The van der Waals surface area contributed by atoms with Gasteiger partial charge in [0, 0.05) is 0 Å². The van der Waals surface area contributed by atoms with Crippen molar-refractivity contribution in [1.29, 1.82) is 0 Å². The van der Waals surface area contributed by atoms with E-state index in [0.29, 0.717) is 6.54 Å². The van der Waals surface area contributed by atoms with Gasteiger partial charge < -0.3 is 14.6 Å². The maximum atomic E-state index is 11.8. The molecule has 1 N–H and O–H groups in total. The van der Waals surface area contributed by atoms with E-state index in [9.17, 15) is 4.79 Å². The molecule has 0 saturated carbocycles. The minimum absolute atomic E-state index is 0.102. The van der Waals surface area contributed by atoms with E-state index < -0.39 is 17.8 Å². The molecule has 1 amide bonds. The summed E-state index contributed by atoms with van der Waals surface area (Å²) in [6.07, 6.45) is 0.626. The van der Waals surface area contributed by atoms with Crippen LogP contribution in [-0.2, 0) is 9.47 Å². The Hall–Kier alpha value is -0.940. The minimum atomic E-state index is -0.513. The molecule has 0 fully saturated rings. The van der Waals surface area contributed by atoms with Gasteiger partial charge in [-0.15, -0.1) is 4.58 Å². The van der Waals surface area contributed by atoms with E-state index in [2.05, 4.69) is 0 Å². The topological polar surface area (TPSA) is 58.8 Å². The van der Waals surface area contributed by atoms with Gasteiger partial charge in [-0.2, -0.15) is 4.79 Å². The van der Waals surface area contributed by atoms with E-state index in [1.54, 1.807) is 6.21 Å². The molecule has 92 valence electrons. The summed E-state index contributed by atoms with van der Waals surface area (Å²) in [5, 5.41) is 9.01. The van der Waals surface area contributed by atoms with Crippen LogP contribution in [0.5, 0.6) is 0 Å². The van der Waals surface area contributed by atoms with Crippen LogP contribution < -0.4 is 0 Å². The predicted octanol–water partition coefficient (Wildman–Crippen LogP) is 0.784. The zero-order valence-electron chi connectivity index (χ0n) is 10.3. The van der Waals surface area contributed by atoms with Crippen molar-refractivity contribution in [3.05, 3.63) is 0 Å². The molecule has 0 aromatic heterocycles. The fourth-order valence-corrected chi connectivity index (χ4v) is 1.46. The maximum Gasteiger partial charge on any atom is 0.596 e. The number of rotatable bonds is 1. The van der Waals surface area contributed by atoms with Crippen LogP contribution in [-0.4, -0.2) is 53.0 Å². The highest BCUT2D eigenvalue weighted by atomic mass is 16.6. The Morgan fingerprint density at radius 2 is 2.25 bits per heavy atom. The molecular formula is C11H20NO4+. The first kappa shape index (κ1) is 13.1. The number of ether oxygens (including phenoxy) is 2. The summed E-state index contributed by atoms with van der Waals surface area (Å²) in [5.41, 5.74) is -0.513. The minimum Gasteiger partial charge on any atom is -0.406 e. The standard InChI is InChI=1S/C11H20NO4/c1-8-5-12(6-9(7-13)15-8)10(14)16-11(2,3)4/h6,8-9,13H,5,7H2,1-4H3/q+1/t8-,9-/m1/s1. The first-order chi connectivity index (χ1) is 7.31.